The van der Waals surface area contributed by atoms with Crippen molar-refractivity contribution in [3.63, 3.8) is 0 Å². The van der Waals surface area contributed by atoms with E-state index in [1.54, 1.807) is 0 Å². The van der Waals surface area contributed by atoms with E-state index in [-0.39, 0.29) is 6.10 Å². The normalized spacial score (nSPS) is 21.1. The van der Waals surface area contributed by atoms with Gasteiger partial charge in [-0.3, -0.25) is 9.58 Å². The van der Waals surface area contributed by atoms with Gasteiger partial charge in [0.2, 0.25) is 0 Å². The number of hydrogen-bond donors (Lipinski definition) is 1. The average Bonchev–Trinajstić information content (AvgIpc) is 2.77. The van der Waals surface area contributed by atoms with Crippen LogP contribution in [0.15, 0.2) is 24.3 Å². The minimum absolute atomic E-state index is 0.173. The number of para-hydroxylation sites is 1. The van der Waals surface area contributed by atoms with E-state index in [0.717, 1.165) is 44.7 Å². The lowest BCUT2D eigenvalue weighted by molar-refractivity contribution is 0.0663. The lowest BCUT2D eigenvalue weighted by atomic mass is 10.1. The fourth-order valence-corrected chi connectivity index (χ4v) is 2.94. The van der Waals surface area contributed by atoms with Crippen molar-refractivity contribution in [1.82, 2.24) is 14.7 Å². The number of fused-ring (bicyclic) bond motifs is 1. The van der Waals surface area contributed by atoms with Crippen molar-refractivity contribution in [1.29, 1.82) is 0 Å². The molecule has 1 unspecified atom stereocenters. The summed E-state index contributed by atoms with van der Waals surface area (Å²) in [6.07, 6.45) is 1.84. The van der Waals surface area contributed by atoms with E-state index < -0.39 is 0 Å². The number of likely N-dealkylation sites (tertiary alicyclic amines) is 1. The third kappa shape index (κ3) is 2.51. The molecule has 0 spiro atoms. The molecule has 1 aliphatic rings. The van der Waals surface area contributed by atoms with Crippen LogP contribution in [0.4, 0.5) is 0 Å². The van der Waals surface area contributed by atoms with Gasteiger partial charge in [0.25, 0.3) is 0 Å². The second-order valence-electron chi connectivity index (χ2n) is 5.31. The van der Waals surface area contributed by atoms with Crippen LogP contribution in [0.25, 0.3) is 10.9 Å². The number of rotatable bonds is 3. The highest BCUT2D eigenvalue weighted by atomic mass is 16.3. The molecule has 0 amide bonds. The van der Waals surface area contributed by atoms with E-state index in [2.05, 4.69) is 40.8 Å². The molecule has 3 rings (SSSR count). The molecule has 0 aliphatic carbocycles. The third-order valence-corrected chi connectivity index (χ3v) is 3.89. The van der Waals surface area contributed by atoms with Crippen LogP contribution in [-0.2, 0) is 13.1 Å². The highest BCUT2D eigenvalue weighted by Gasteiger charge is 2.19. The maximum atomic E-state index is 9.75. The number of hydrogen-bond acceptors (Lipinski definition) is 3. The smallest absolute Gasteiger partial charge is 0.0843 e. The van der Waals surface area contributed by atoms with Gasteiger partial charge in [0.1, 0.15) is 0 Å². The van der Waals surface area contributed by atoms with Crippen LogP contribution in [-0.4, -0.2) is 39.0 Å². The SMILES string of the molecule is CCn1nc(CN2CCCC(O)C2)c2ccccc21. The van der Waals surface area contributed by atoms with Crippen molar-refractivity contribution in [2.24, 2.45) is 0 Å². The Kier molecular flexibility index (Phi) is 3.53. The fraction of sp³-hybridized carbons (Fsp3) is 0.533. The van der Waals surface area contributed by atoms with Crippen molar-refractivity contribution in [2.75, 3.05) is 13.1 Å². The number of aliphatic hydroxyl groups excluding tert-OH is 1. The van der Waals surface area contributed by atoms with Gasteiger partial charge in [-0.15, -0.1) is 0 Å². The van der Waals surface area contributed by atoms with Crippen molar-refractivity contribution in [3.05, 3.63) is 30.0 Å². The number of aliphatic hydroxyl groups is 1. The van der Waals surface area contributed by atoms with Crippen LogP contribution in [0.1, 0.15) is 25.5 Å². The summed E-state index contributed by atoms with van der Waals surface area (Å²) in [6.45, 7) is 5.68. The van der Waals surface area contributed by atoms with Crippen LogP contribution in [0.2, 0.25) is 0 Å². The Labute approximate surface area is 113 Å². The first-order valence-corrected chi connectivity index (χ1v) is 7.12. The third-order valence-electron chi connectivity index (χ3n) is 3.89. The monoisotopic (exact) mass is 259 g/mol. The lowest BCUT2D eigenvalue weighted by Gasteiger charge is -2.29. The Bertz CT molecular complexity index is 564. The standard InChI is InChI=1S/C15H21N3O/c1-2-18-15-8-4-3-7-13(15)14(16-18)11-17-9-5-6-12(19)10-17/h3-4,7-8,12,19H,2,5-6,9-11H2,1H3. The minimum atomic E-state index is -0.173. The van der Waals surface area contributed by atoms with Crippen LogP contribution in [0.5, 0.6) is 0 Å². The quantitative estimate of drug-likeness (QED) is 0.916. The molecule has 2 heterocycles. The second-order valence-corrected chi connectivity index (χ2v) is 5.31. The summed E-state index contributed by atoms with van der Waals surface area (Å²) in [6, 6.07) is 8.40. The molecular formula is C15H21N3O. The summed E-state index contributed by atoms with van der Waals surface area (Å²) < 4.78 is 2.06. The number of nitrogens with zero attached hydrogens (tertiary/aromatic N) is 3. The summed E-state index contributed by atoms with van der Waals surface area (Å²) in [5.41, 5.74) is 2.34. The van der Waals surface area contributed by atoms with Gasteiger partial charge in [-0.2, -0.15) is 5.10 Å². The predicted molar refractivity (Wildman–Crippen MR) is 75.9 cm³/mol. The summed E-state index contributed by atoms with van der Waals surface area (Å²) in [5, 5.41) is 15.7. The van der Waals surface area contributed by atoms with Crippen molar-refractivity contribution in [3.8, 4) is 0 Å². The van der Waals surface area contributed by atoms with Crippen molar-refractivity contribution >= 4 is 10.9 Å². The average molecular weight is 259 g/mol. The molecule has 0 radical (unpaired) electrons. The minimum Gasteiger partial charge on any atom is -0.392 e. The van der Waals surface area contributed by atoms with Crippen LogP contribution < -0.4 is 0 Å². The first-order chi connectivity index (χ1) is 9.28. The Hall–Kier alpha value is -1.39. The Morgan fingerprint density at radius 1 is 1.37 bits per heavy atom. The molecule has 1 saturated heterocycles. The van der Waals surface area contributed by atoms with Crippen LogP contribution in [0, 0.1) is 0 Å². The Balaban J connectivity index is 1.88. The van der Waals surface area contributed by atoms with Crippen molar-refractivity contribution in [2.45, 2.75) is 39.0 Å². The zero-order valence-corrected chi connectivity index (χ0v) is 11.4. The first kappa shape index (κ1) is 12.6. The van der Waals surface area contributed by atoms with Gasteiger partial charge in [0, 0.05) is 25.0 Å². The maximum Gasteiger partial charge on any atom is 0.0843 e. The van der Waals surface area contributed by atoms with Gasteiger partial charge in [0.05, 0.1) is 17.3 Å². The van der Waals surface area contributed by atoms with Gasteiger partial charge in [-0.05, 0) is 32.4 Å². The molecule has 1 fully saturated rings. The van der Waals surface area contributed by atoms with Crippen molar-refractivity contribution < 1.29 is 5.11 Å². The highest BCUT2D eigenvalue weighted by molar-refractivity contribution is 5.81. The number of benzene rings is 1. The molecular weight excluding hydrogens is 238 g/mol. The molecule has 0 bridgehead atoms. The molecule has 1 aromatic heterocycles. The van der Waals surface area contributed by atoms with Gasteiger partial charge >= 0.3 is 0 Å². The fourth-order valence-electron chi connectivity index (χ4n) is 2.94. The molecule has 1 aliphatic heterocycles. The molecule has 102 valence electrons. The summed E-state index contributed by atoms with van der Waals surface area (Å²) in [4.78, 5) is 2.31. The summed E-state index contributed by atoms with van der Waals surface area (Å²) in [5.74, 6) is 0. The van der Waals surface area contributed by atoms with E-state index in [1.807, 2.05) is 0 Å². The van der Waals surface area contributed by atoms with Gasteiger partial charge in [0.15, 0.2) is 0 Å². The molecule has 4 heteroatoms. The molecule has 2 aromatic rings. The number of β-amino-alcohol motifs (C(OH)–C–C–N with tert-alkyl or cyclic N) is 1. The summed E-state index contributed by atoms with van der Waals surface area (Å²) >= 11 is 0. The molecule has 1 atom stereocenters. The van der Waals surface area contributed by atoms with Gasteiger partial charge in [-0.1, -0.05) is 18.2 Å². The maximum absolute atomic E-state index is 9.75. The van der Waals surface area contributed by atoms with Gasteiger partial charge < -0.3 is 5.11 Å². The molecule has 1 N–H and O–H groups in total. The highest BCUT2D eigenvalue weighted by Crippen LogP contribution is 2.21. The van der Waals surface area contributed by atoms with Gasteiger partial charge in [-0.25, -0.2) is 0 Å². The van der Waals surface area contributed by atoms with E-state index in [1.165, 1.54) is 10.9 Å². The van der Waals surface area contributed by atoms with E-state index in [4.69, 9.17) is 5.10 Å². The number of aromatic nitrogens is 2. The second kappa shape index (κ2) is 5.31. The Morgan fingerprint density at radius 3 is 3.00 bits per heavy atom. The van der Waals surface area contributed by atoms with E-state index >= 15 is 0 Å². The topological polar surface area (TPSA) is 41.3 Å². The lowest BCUT2D eigenvalue weighted by Crippen LogP contribution is -2.37. The zero-order chi connectivity index (χ0) is 13.2. The molecule has 19 heavy (non-hydrogen) atoms. The van der Waals surface area contributed by atoms with Crippen LogP contribution >= 0.6 is 0 Å². The number of aryl methyl sites for hydroxylation is 1. The number of piperidine rings is 1. The van der Waals surface area contributed by atoms with E-state index in [9.17, 15) is 5.11 Å². The first-order valence-electron chi connectivity index (χ1n) is 7.12. The molecule has 4 nitrogen and oxygen atoms in total. The summed E-state index contributed by atoms with van der Waals surface area (Å²) in [7, 11) is 0. The molecule has 0 saturated carbocycles. The van der Waals surface area contributed by atoms with Crippen LogP contribution in [0.3, 0.4) is 0 Å². The largest absolute Gasteiger partial charge is 0.392 e. The molecule has 1 aromatic carbocycles. The predicted octanol–water partition coefficient (Wildman–Crippen LogP) is 2.01. The zero-order valence-electron chi connectivity index (χ0n) is 11.4. The van der Waals surface area contributed by atoms with E-state index in [0.29, 0.717) is 0 Å². The Morgan fingerprint density at radius 2 is 2.21 bits per heavy atom.